The molecule has 3 amide bonds. The van der Waals surface area contributed by atoms with E-state index in [4.69, 9.17) is 4.74 Å². The predicted octanol–water partition coefficient (Wildman–Crippen LogP) is 2.43. The fraction of sp³-hybridized carbons (Fsp3) is 0.500. The van der Waals surface area contributed by atoms with Gasteiger partial charge in [-0.3, -0.25) is 14.5 Å². The number of hydrogen-bond acceptors (Lipinski definition) is 4. The Bertz CT molecular complexity index is 668. The van der Waals surface area contributed by atoms with Crippen molar-refractivity contribution in [1.82, 2.24) is 9.80 Å². The van der Waals surface area contributed by atoms with E-state index < -0.39 is 0 Å². The van der Waals surface area contributed by atoms with Crippen molar-refractivity contribution < 1.29 is 19.1 Å². The second-order valence-corrected chi connectivity index (χ2v) is 6.64. The Hall–Kier alpha value is -2.37. The van der Waals surface area contributed by atoms with Crippen LogP contribution in [-0.2, 0) is 4.74 Å². The van der Waals surface area contributed by atoms with Crippen molar-refractivity contribution in [2.24, 2.45) is 0 Å². The molecule has 0 saturated carbocycles. The second-order valence-electron chi connectivity index (χ2n) is 6.64. The molecule has 0 aromatic heterocycles. The van der Waals surface area contributed by atoms with Crippen molar-refractivity contribution in [3.05, 3.63) is 35.4 Å². The third-order valence-electron chi connectivity index (χ3n) is 5.38. The molecule has 0 unspecified atom stereocenters. The average molecular weight is 328 g/mol. The number of nitrogens with zero attached hydrogens (tertiary/aromatic N) is 2. The number of carbonyl (C=O) groups excluding carboxylic acids is 3. The number of carbonyl (C=O) groups is 3. The minimum absolute atomic E-state index is 0.0529. The summed E-state index contributed by atoms with van der Waals surface area (Å²) in [5.41, 5.74) is 0.977. The summed E-state index contributed by atoms with van der Waals surface area (Å²) in [6.07, 6.45) is 2.82. The van der Waals surface area contributed by atoms with Crippen LogP contribution in [0.15, 0.2) is 24.3 Å². The van der Waals surface area contributed by atoms with Gasteiger partial charge in [0.1, 0.15) is 0 Å². The molecule has 4 rings (SSSR count). The van der Waals surface area contributed by atoms with Gasteiger partial charge < -0.3 is 9.64 Å². The summed E-state index contributed by atoms with van der Waals surface area (Å²) in [6, 6.07) is 6.94. The molecule has 2 bridgehead atoms. The van der Waals surface area contributed by atoms with Crippen LogP contribution >= 0.6 is 0 Å². The van der Waals surface area contributed by atoms with Crippen LogP contribution in [0.1, 0.15) is 53.3 Å². The lowest BCUT2D eigenvalue weighted by Gasteiger charge is -2.40. The van der Waals surface area contributed by atoms with Crippen LogP contribution in [0.25, 0.3) is 0 Å². The topological polar surface area (TPSA) is 66.9 Å². The van der Waals surface area contributed by atoms with E-state index in [0.29, 0.717) is 30.6 Å². The van der Waals surface area contributed by atoms with Crippen molar-refractivity contribution in [2.45, 2.75) is 50.7 Å². The third-order valence-corrected chi connectivity index (χ3v) is 5.38. The maximum absolute atomic E-state index is 12.7. The zero-order chi connectivity index (χ0) is 16.8. The Morgan fingerprint density at radius 3 is 2.08 bits per heavy atom. The summed E-state index contributed by atoms with van der Waals surface area (Å²) < 4.78 is 5.16. The summed E-state index contributed by atoms with van der Waals surface area (Å²) in [5.74, 6) is -0.408. The van der Waals surface area contributed by atoms with Gasteiger partial charge in [-0.25, -0.2) is 4.79 Å². The smallest absolute Gasteiger partial charge is 0.410 e. The second kappa shape index (κ2) is 5.61. The summed E-state index contributed by atoms with van der Waals surface area (Å²) >= 11 is 0. The number of benzene rings is 1. The molecule has 0 N–H and O–H groups in total. The van der Waals surface area contributed by atoms with Gasteiger partial charge in [-0.05, 0) is 44.7 Å². The van der Waals surface area contributed by atoms with E-state index in [1.807, 2.05) is 4.90 Å². The van der Waals surface area contributed by atoms with Crippen LogP contribution in [-0.4, -0.2) is 52.4 Å². The fourth-order valence-corrected chi connectivity index (χ4v) is 4.39. The highest BCUT2D eigenvalue weighted by atomic mass is 16.6. The Morgan fingerprint density at radius 1 is 1.04 bits per heavy atom. The van der Waals surface area contributed by atoms with Crippen LogP contribution in [0, 0.1) is 0 Å². The zero-order valence-corrected chi connectivity index (χ0v) is 13.6. The maximum Gasteiger partial charge on any atom is 0.410 e. The summed E-state index contributed by atoms with van der Waals surface area (Å²) in [5, 5.41) is 0. The van der Waals surface area contributed by atoms with E-state index in [-0.39, 0.29) is 36.0 Å². The molecule has 2 fully saturated rings. The molecule has 3 atom stereocenters. The predicted molar refractivity (Wildman–Crippen MR) is 85.6 cm³/mol. The lowest BCUT2D eigenvalue weighted by molar-refractivity contribution is 0.0350. The highest BCUT2D eigenvalue weighted by molar-refractivity contribution is 6.21. The normalized spacial score (nSPS) is 28.3. The molecule has 6 heteroatoms. The molecule has 2 saturated heterocycles. The lowest BCUT2D eigenvalue weighted by Crippen LogP contribution is -2.53. The number of rotatable bonds is 2. The molecule has 3 aliphatic rings. The van der Waals surface area contributed by atoms with E-state index in [2.05, 4.69) is 0 Å². The largest absolute Gasteiger partial charge is 0.450 e. The zero-order valence-electron chi connectivity index (χ0n) is 13.6. The molecular formula is C18H20N2O4. The molecule has 1 aromatic carbocycles. The van der Waals surface area contributed by atoms with E-state index >= 15 is 0 Å². The quantitative estimate of drug-likeness (QED) is 0.782. The van der Waals surface area contributed by atoms with Crippen LogP contribution in [0.3, 0.4) is 0 Å². The summed E-state index contributed by atoms with van der Waals surface area (Å²) in [7, 11) is 0. The minimum Gasteiger partial charge on any atom is -0.450 e. The highest BCUT2D eigenvalue weighted by Gasteiger charge is 2.49. The van der Waals surface area contributed by atoms with Gasteiger partial charge in [-0.2, -0.15) is 0 Å². The first-order valence-corrected chi connectivity index (χ1v) is 8.53. The van der Waals surface area contributed by atoms with Gasteiger partial charge >= 0.3 is 6.09 Å². The van der Waals surface area contributed by atoms with Crippen LogP contribution in [0.2, 0.25) is 0 Å². The maximum atomic E-state index is 12.7. The number of amides is 3. The van der Waals surface area contributed by atoms with E-state index in [9.17, 15) is 14.4 Å². The molecule has 1 aromatic rings. The Labute approximate surface area is 140 Å². The first-order chi connectivity index (χ1) is 11.6. The monoisotopic (exact) mass is 328 g/mol. The standard InChI is InChI=1S/C18H20N2O4/c1-2-24-18(23)19-11-7-8-12(19)10-13(9-11)20-16(21)14-5-3-4-6-15(14)17(20)22/h3-6,11-13H,2,7-10H2,1H3/t11-,12+,13-. The Morgan fingerprint density at radius 2 is 1.58 bits per heavy atom. The first-order valence-electron chi connectivity index (χ1n) is 8.53. The minimum atomic E-state index is -0.272. The van der Waals surface area contributed by atoms with Gasteiger partial charge in [0.15, 0.2) is 0 Å². The number of imide groups is 1. The van der Waals surface area contributed by atoms with Crippen molar-refractivity contribution in [1.29, 1.82) is 0 Å². The number of hydrogen-bond donors (Lipinski definition) is 0. The van der Waals surface area contributed by atoms with Gasteiger partial charge in [0.2, 0.25) is 0 Å². The summed E-state index contributed by atoms with van der Waals surface area (Å²) in [6.45, 7) is 2.15. The molecule has 3 aliphatic heterocycles. The van der Waals surface area contributed by atoms with Gasteiger partial charge in [0, 0.05) is 18.1 Å². The lowest BCUT2D eigenvalue weighted by atomic mass is 9.96. The molecule has 6 nitrogen and oxygen atoms in total. The average Bonchev–Trinajstić information content (AvgIpc) is 2.99. The molecule has 0 aliphatic carbocycles. The molecular weight excluding hydrogens is 308 g/mol. The molecule has 24 heavy (non-hydrogen) atoms. The molecule has 0 spiro atoms. The highest BCUT2D eigenvalue weighted by Crippen LogP contribution is 2.40. The molecule has 3 heterocycles. The van der Waals surface area contributed by atoms with E-state index in [1.54, 1.807) is 31.2 Å². The van der Waals surface area contributed by atoms with Crippen LogP contribution in [0.4, 0.5) is 4.79 Å². The van der Waals surface area contributed by atoms with Crippen molar-refractivity contribution in [3.8, 4) is 0 Å². The van der Waals surface area contributed by atoms with Crippen LogP contribution in [0.5, 0.6) is 0 Å². The van der Waals surface area contributed by atoms with Gasteiger partial charge in [-0.15, -0.1) is 0 Å². The Balaban J connectivity index is 1.56. The molecule has 0 radical (unpaired) electrons. The SMILES string of the molecule is CCOC(=O)N1[C@@H]2CC[C@H]1C[C@H](N1C(=O)c3ccccc3C1=O)C2. The molecule has 126 valence electrons. The van der Waals surface area contributed by atoms with E-state index in [0.717, 1.165) is 12.8 Å². The fourth-order valence-electron chi connectivity index (χ4n) is 4.39. The van der Waals surface area contributed by atoms with Crippen molar-refractivity contribution in [3.63, 3.8) is 0 Å². The third kappa shape index (κ3) is 2.12. The number of piperidine rings is 1. The van der Waals surface area contributed by atoms with Crippen LogP contribution < -0.4 is 0 Å². The van der Waals surface area contributed by atoms with Gasteiger partial charge in [0.05, 0.1) is 17.7 Å². The van der Waals surface area contributed by atoms with Gasteiger partial charge in [0.25, 0.3) is 11.8 Å². The van der Waals surface area contributed by atoms with Crippen molar-refractivity contribution >= 4 is 17.9 Å². The first kappa shape index (κ1) is 15.2. The van der Waals surface area contributed by atoms with Gasteiger partial charge in [-0.1, -0.05) is 12.1 Å². The van der Waals surface area contributed by atoms with E-state index in [1.165, 1.54) is 4.90 Å². The number of ether oxygens (including phenoxy) is 1. The summed E-state index contributed by atoms with van der Waals surface area (Å²) in [4.78, 5) is 40.7. The number of fused-ring (bicyclic) bond motifs is 3. The Kier molecular flexibility index (Phi) is 3.55. The van der Waals surface area contributed by atoms with Crippen molar-refractivity contribution in [2.75, 3.05) is 6.61 Å².